The highest BCUT2D eigenvalue weighted by Gasteiger charge is 2.18. The molecule has 158 valence electrons. The van der Waals surface area contributed by atoms with E-state index in [0.717, 1.165) is 17.4 Å². The van der Waals surface area contributed by atoms with E-state index in [1.807, 2.05) is 6.07 Å². The Morgan fingerprint density at radius 2 is 1.83 bits per heavy atom. The predicted octanol–water partition coefficient (Wildman–Crippen LogP) is 2.59. The number of rotatable bonds is 6. The second kappa shape index (κ2) is 8.33. The lowest BCUT2D eigenvalue weighted by atomic mass is 9.99. The molecule has 30 heavy (non-hydrogen) atoms. The summed E-state index contributed by atoms with van der Waals surface area (Å²) < 4.78 is 50.7. The Hall–Kier alpha value is -3.11. The van der Waals surface area contributed by atoms with Crippen LogP contribution in [0.5, 0.6) is 0 Å². The molecule has 0 spiro atoms. The van der Waals surface area contributed by atoms with Crippen LogP contribution in [0.2, 0.25) is 0 Å². The number of benzene rings is 2. The van der Waals surface area contributed by atoms with Gasteiger partial charge in [-0.3, -0.25) is 0 Å². The second-order valence-electron chi connectivity index (χ2n) is 6.77. The number of aromatic nitrogens is 3. The van der Waals surface area contributed by atoms with Gasteiger partial charge in [0.15, 0.2) is 9.84 Å². The first kappa shape index (κ1) is 21.6. The van der Waals surface area contributed by atoms with Crippen molar-refractivity contribution in [3.63, 3.8) is 0 Å². The van der Waals surface area contributed by atoms with Gasteiger partial charge in [-0.25, -0.2) is 22.9 Å². The summed E-state index contributed by atoms with van der Waals surface area (Å²) in [4.78, 5) is 12.6. The summed E-state index contributed by atoms with van der Waals surface area (Å²) in [5.74, 6) is 0.112. The summed E-state index contributed by atoms with van der Waals surface area (Å²) in [5, 5.41) is 6.18. The number of nitrogens with zero attached hydrogens (tertiary/aromatic N) is 2. The fourth-order valence-corrected chi connectivity index (χ4v) is 3.79. The molecule has 1 heterocycles. The number of nitrogens with two attached hydrogens (primary N) is 1. The number of nitrogens with one attached hydrogen (secondary N) is 1. The molecule has 0 amide bonds. The average Bonchev–Trinajstić information content (AvgIpc) is 3.05. The van der Waals surface area contributed by atoms with Crippen molar-refractivity contribution in [3.8, 4) is 16.8 Å². The van der Waals surface area contributed by atoms with Gasteiger partial charge in [0, 0.05) is 24.8 Å². The monoisotopic (exact) mass is 434 g/mol. The lowest BCUT2D eigenvalue weighted by molar-refractivity contribution is 0.407. The van der Waals surface area contributed by atoms with Crippen molar-refractivity contribution in [1.82, 2.24) is 14.8 Å². The van der Waals surface area contributed by atoms with Crippen LogP contribution in [0.25, 0.3) is 16.8 Å². The lowest BCUT2D eigenvalue weighted by Gasteiger charge is -2.14. The fraction of sp³-hybridized carbons (Fsp3) is 0.200. The minimum absolute atomic E-state index is 0.112. The maximum Gasteiger partial charge on any atom is 0.347 e. The molecule has 3 N–H and O–H groups in total. The molecule has 0 aliphatic carbocycles. The Morgan fingerprint density at radius 1 is 1.17 bits per heavy atom. The number of aromatic amines is 1. The Morgan fingerprint density at radius 3 is 2.40 bits per heavy atom. The van der Waals surface area contributed by atoms with Gasteiger partial charge in [0.1, 0.15) is 5.82 Å². The summed E-state index contributed by atoms with van der Waals surface area (Å²) in [6.45, 7) is 1.43. The average molecular weight is 434 g/mol. The smallest absolute Gasteiger partial charge is 0.327 e. The van der Waals surface area contributed by atoms with Crippen molar-refractivity contribution in [2.24, 2.45) is 5.73 Å². The Bertz CT molecular complexity index is 1270. The Balaban J connectivity index is 2.10. The van der Waals surface area contributed by atoms with Crippen molar-refractivity contribution in [2.75, 3.05) is 12.8 Å². The van der Waals surface area contributed by atoms with Gasteiger partial charge >= 0.3 is 5.69 Å². The quantitative estimate of drug-likeness (QED) is 0.620. The zero-order valence-corrected chi connectivity index (χ0v) is 17.1. The van der Waals surface area contributed by atoms with Crippen LogP contribution in [0.3, 0.4) is 0 Å². The molecule has 0 saturated carbocycles. The fourth-order valence-electron chi connectivity index (χ4n) is 3.16. The summed E-state index contributed by atoms with van der Waals surface area (Å²) in [6, 6.07) is 11.6. The van der Waals surface area contributed by atoms with Crippen LogP contribution in [0, 0.1) is 6.92 Å². The zero-order chi connectivity index (χ0) is 22.1. The van der Waals surface area contributed by atoms with Crippen molar-refractivity contribution in [3.05, 3.63) is 76.0 Å². The summed E-state index contributed by atoms with van der Waals surface area (Å²) >= 11 is 0. The molecule has 2 aromatic carbocycles. The highest BCUT2D eigenvalue weighted by atomic mass is 32.2. The number of hydrogen-bond donors (Lipinski definition) is 2. The Kier molecular flexibility index (Phi) is 5.99. The van der Waals surface area contributed by atoms with Gasteiger partial charge in [-0.2, -0.15) is 13.9 Å². The summed E-state index contributed by atoms with van der Waals surface area (Å²) in [7, 11) is -3.32. The SMILES string of the molecule is Cc1c(-c2ccc(S(C)(=O)=O)cc2)cccc1-n1c(CC(CN)=C(F)F)n[nH]c1=O. The van der Waals surface area contributed by atoms with Gasteiger partial charge in [-0.05, 0) is 41.8 Å². The van der Waals surface area contributed by atoms with Crippen molar-refractivity contribution >= 4 is 9.84 Å². The topological polar surface area (TPSA) is 111 Å². The van der Waals surface area contributed by atoms with Crippen molar-refractivity contribution in [2.45, 2.75) is 18.2 Å². The molecule has 0 aliphatic rings. The first-order valence-electron chi connectivity index (χ1n) is 8.93. The van der Waals surface area contributed by atoms with Crippen LogP contribution in [-0.4, -0.2) is 36.0 Å². The van der Waals surface area contributed by atoms with Gasteiger partial charge in [0.05, 0.1) is 10.6 Å². The second-order valence-corrected chi connectivity index (χ2v) is 8.79. The standard InChI is InChI=1S/C20H20F2N4O3S/c1-12-16(13-6-8-15(9-7-13)30(2,28)29)4-3-5-17(12)26-18(24-25-20(26)27)10-14(11-23)19(21)22/h3-9H,10-11,23H2,1-2H3,(H,25,27). The number of sulfone groups is 1. The van der Waals surface area contributed by atoms with E-state index in [9.17, 15) is 22.0 Å². The molecule has 0 saturated heterocycles. The van der Waals surface area contributed by atoms with E-state index in [4.69, 9.17) is 5.73 Å². The molecule has 0 radical (unpaired) electrons. The van der Waals surface area contributed by atoms with E-state index in [-0.39, 0.29) is 29.3 Å². The van der Waals surface area contributed by atoms with Crippen LogP contribution < -0.4 is 11.4 Å². The van der Waals surface area contributed by atoms with Gasteiger partial charge in [0.25, 0.3) is 6.08 Å². The molecule has 0 aliphatic heterocycles. The zero-order valence-electron chi connectivity index (χ0n) is 16.3. The normalized spacial score (nSPS) is 11.5. The third kappa shape index (κ3) is 4.24. The minimum atomic E-state index is -3.32. The molecule has 3 rings (SSSR count). The third-order valence-electron chi connectivity index (χ3n) is 4.77. The third-order valence-corrected chi connectivity index (χ3v) is 5.90. The van der Waals surface area contributed by atoms with Crippen LogP contribution >= 0.6 is 0 Å². The molecule has 1 aromatic heterocycles. The molecule has 0 fully saturated rings. The minimum Gasteiger partial charge on any atom is -0.327 e. The largest absolute Gasteiger partial charge is 0.347 e. The maximum absolute atomic E-state index is 13.0. The molecule has 0 unspecified atom stereocenters. The first-order chi connectivity index (χ1) is 14.1. The van der Waals surface area contributed by atoms with E-state index in [1.54, 1.807) is 31.2 Å². The Labute approximate surface area is 171 Å². The first-order valence-corrected chi connectivity index (χ1v) is 10.8. The highest BCUT2D eigenvalue weighted by Crippen LogP contribution is 2.29. The highest BCUT2D eigenvalue weighted by molar-refractivity contribution is 7.90. The van der Waals surface area contributed by atoms with Crippen molar-refractivity contribution in [1.29, 1.82) is 0 Å². The lowest BCUT2D eigenvalue weighted by Crippen LogP contribution is -2.19. The molecule has 0 bridgehead atoms. The molecule has 0 atom stereocenters. The van der Waals surface area contributed by atoms with E-state index in [2.05, 4.69) is 10.2 Å². The van der Waals surface area contributed by atoms with Crippen LogP contribution in [0.1, 0.15) is 11.4 Å². The van der Waals surface area contributed by atoms with E-state index < -0.39 is 21.6 Å². The molecule has 3 aromatic rings. The molecular formula is C20H20F2N4O3S. The molecular weight excluding hydrogens is 414 g/mol. The van der Waals surface area contributed by atoms with Crippen LogP contribution in [0.15, 0.2) is 63.8 Å². The van der Waals surface area contributed by atoms with Gasteiger partial charge in [-0.1, -0.05) is 24.3 Å². The van der Waals surface area contributed by atoms with Crippen molar-refractivity contribution < 1.29 is 17.2 Å². The summed E-state index contributed by atoms with van der Waals surface area (Å²) in [6.07, 6.45) is -1.04. The number of halogens is 2. The molecule has 10 heteroatoms. The van der Waals surface area contributed by atoms with Crippen LogP contribution in [0.4, 0.5) is 8.78 Å². The van der Waals surface area contributed by atoms with E-state index in [0.29, 0.717) is 11.3 Å². The number of H-pyrrole nitrogens is 1. The van der Waals surface area contributed by atoms with Gasteiger partial charge < -0.3 is 5.73 Å². The number of hydrogen-bond acceptors (Lipinski definition) is 5. The maximum atomic E-state index is 13.0. The van der Waals surface area contributed by atoms with E-state index in [1.165, 1.54) is 16.7 Å². The van der Waals surface area contributed by atoms with Gasteiger partial charge in [-0.15, -0.1) is 0 Å². The predicted molar refractivity (Wildman–Crippen MR) is 109 cm³/mol. The van der Waals surface area contributed by atoms with Crippen LogP contribution in [-0.2, 0) is 16.3 Å². The van der Waals surface area contributed by atoms with Gasteiger partial charge in [0.2, 0.25) is 0 Å². The van der Waals surface area contributed by atoms with E-state index >= 15 is 0 Å². The molecule has 7 nitrogen and oxygen atoms in total. The summed E-state index contributed by atoms with van der Waals surface area (Å²) in [5.41, 5.74) is 7.20.